The number of nitrogens with one attached hydrogen (secondary N) is 2. The third-order valence-corrected chi connectivity index (χ3v) is 3.00. The van der Waals surface area contributed by atoms with E-state index in [-0.39, 0.29) is 23.6 Å². The molecule has 0 unspecified atom stereocenters. The normalized spacial score (nSPS) is 24.1. The summed E-state index contributed by atoms with van der Waals surface area (Å²) in [6.45, 7) is 1.57. The number of carboxylic acid groups (broad SMARTS) is 1. The van der Waals surface area contributed by atoms with E-state index < -0.39 is 23.4 Å². The van der Waals surface area contributed by atoms with Gasteiger partial charge in [-0.2, -0.15) is 0 Å². The first-order chi connectivity index (χ1) is 9.32. The van der Waals surface area contributed by atoms with Crippen LogP contribution in [-0.2, 0) is 10.3 Å². The average molecular weight is 280 g/mol. The molecular formula is C12H13FN4O3. The van der Waals surface area contributed by atoms with Crippen LogP contribution in [0.5, 0.6) is 0 Å². The molecule has 1 aromatic rings. The van der Waals surface area contributed by atoms with Crippen LogP contribution in [0.25, 0.3) is 0 Å². The van der Waals surface area contributed by atoms with Gasteiger partial charge in [0.05, 0.1) is 17.6 Å². The molecule has 1 aromatic carbocycles. The highest BCUT2D eigenvalue weighted by Gasteiger charge is 2.38. The van der Waals surface area contributed by atoms with Crippen LogP contribution in [0.3, 0.4) is 0 Å². The minimum atomic E-state index is -1.47. The molecule has 0 spiro atoms. The van der Waals surface area contributed by atoms with E-state index in [1.807, 2.05) is 0 Å². The minimum absolute atomic E-state index is 0.0479. The molecule has 2 rings (SSSR count). The maximum Gasteiger partial charge on any atom is 0.434 e. The lowest BCUT2D eigenvalue weighted by Crippen LogP contribution is -2.58. The number of halogens is 1. The summed E-state index contributed by atoms with van der Waals surface area (Å²) in [7, 11) is 0. The number of anilines is 1. The number of carbonyl (C=O) groups excluding carboxylic acids is 1. The summed E-state index contributed by atoms with van der Waals surface area (Å²) in [4.78, 5) is 25.4. The number of nitrogen functional groups attached to an aromatic ring is 1. The highest BCUT2D eigenvalue weighted by Crippen LogP contribution is 2.30. The summed E-state index contributed by atoms with van der Waals surface area (Å²) in [6, 6.07) is 4.44. The van der Waals surface area contributed by atoms with Gasteiger partial charge < -0.3 is 16.2 Å². The van der Waals surface area contributed by atoms with Crippen molar-refractivity contribution in [2.45, 2.75) is 18.9 Å². The Bertz CT molecular complexity index is 617. The monoisotopic (exact) mass is 280 g/mol. The molecule has 20 heavy (non-hydrogen) atoms. The van der Waals surface area contributed by atoms with Gasteiger partial charge in [0.2, 0.25) is 11.9 Å². The fourth-order valence-corrected chi connectivity index (χ4v) is 2.12. The Morgan fingerprint density at radius 2 is 2.25 bits per heavy atom. The summed E-state index contributed by atoms with van der Waals surface area (Å²) in [5, 5.41) is 13.6. The van der Waals surface area contributed by atoms with E-state index in [0.29, 0.717) is 0 Å². The maximum absolute atomic E-state index is 14.1. The van der Waals surface area contributed by atoms with Gasteiger partial charge in [-0.1, -0.05) is 12.1 Å². The molecule has 1 fully saturated rings. The lowest BCUT2D eigenvalue weighted by molar-refractivity contribution is -0.121. The quantitative estimate of drug-likeness (QED) is 0.567. The Kier molecular flexibility index (Phi) is 3.31. The summed E-state index contributed by atoms with van der Waals surface area (Å²) in [5.74, 6) is -1.35. The third-order valence-electron chi connectivity index (χ3n) is 3.00. The molecule has 1 aliphatic rings. The molecule has 0 saturated carbocycles. The molecule has 1 atom stereocenters. The zero-order chi connectivity index (χ0) is 14.9. The fraction of sp³-hybridized carbons (Fsp3) is 0.250. The van der Waals surface area contributed by atoms with Crippen molar-refractivity contribution in [1.29, 1.82) is 0 Å². The van der Waals surface area contributed by atoms with Crippen molar-refractivity contribution in [3.05, 3.63) is 29.6 Å². The molecule has 1 saturated heterocycles. The molecule has 8 heteroatoms. The van der Waals surface area contributed by atoms with Crippen molar-refractivity contribution in [2.24, 2.45) is 4.99 Å². The molecule has 0 aliphatic carbocycles. The summed E-state index contributed by atoms with van der Waals surface area (Å²) in [6.07, 6.45) is -1.54. The SMILES string of the molecule is C[C@@]1(c2cccc(N)c2F)CC(=O)N/C(=N/C(=O)O)N1. The highest BCUT2D eigenvalue weighted by atomic mass is 19.1. The molecule has 0 aromatic heterocycles. The molecule has 1 aliphatic heterocycles. The Hall–Kier alpha value is -2.64. The standard InChI is InChI=1S/C12H13FN4O3/c1-12(6-3-2-4-7(14)9(6)13)5-8(18)15-10(17-12)16-11(19)20/h2-4H,5,14H2,1H3,(H,19,20)(H2,15,16,17,18)/t12-/m0/s1. The molecule has 1 heterocycles. The number of aliphatic imine (C=N–C) groups is 1. The number of hydrogen-bond donors (Lipinski definition) is 4. The summed E-state index contributed by atoms with van der Waals surface area (Å²) >= 11 is 0. The van der Waals surface area contributed by atoms with Crippen molar-refractivity contribution in [1.82, 2.24) is 10.6 Å². The first kappa shape index (κ1) is 13.8. The second-order valence-electron chi connectivity index (χ2n) is 4.63. The number of guanidine groups is 1. The van der Waals surface area contributed by atoms with Gasteiger partial charge in [-0.15, -0.1) is 4.99 Å². The Morgan fingerprint density at radius 1 is 1.55 bits per heavy atom. The van der Waals surface area contributed by atoms with Crippen LogP contribution < -0.4 is 16.4 Å². The molecule has 5 N–H and O–H groups in total. The Balaban J connectivity index is 2.45. The molecule has 0 radical (unpaired) electrons. The minimum Gasteiger partial charge on any atom is -0.463 e. The van der Waals surface area contributed by atoms with Crippen LogP contribution >= 0.6 is 0 Å². The van der Waals surface area contributed by atoms with Crippen molar-refractivity contribution >= 4 is 23.6 Å². The summed E-state index contributed by atoms with van der Waals surface area (Å²) in [5.41, 5.74) is 4.50. The number of nitrogens with zero attached hydrogens (tertiary/aromatic N) is 1. The zero-order valence-corrected chi connectivity index (χ0v) is 10.6. The van der Waals surface area contributed by atoms with Gasteiger partial charge in [0, 0.05) is 5.56 Å². The number of rotatable bonds is 1. The number of nitrogens with two attached hydrogens (primary N) is 1. The van der Waals surface area contributed by atoms with E-state index in [2.05, 4.69) is 15.6 Å². The van der Waals surface area contributed by atoms with E-state index >= 15 is 0 Å². The van der Waals surface area contributed by atoms with Crippen LogP contribution in [0.2, 0.25) is 0 Å². The van der Waals surface area contributed by atoms with E-state index in [9.17, 15) is 14.0 Å². The van der Waals surface area contributed by atoms with Gasteiger partial charge in [-0.3, -0.25) is 10.1 Å². The number of carbonyl (C=O) groups is 2. The van der Waals surface area contributed by atoms with Gasteiger partial charge in [-0.05, 0) is 13.0 Å². The predicted octanol–water partition coefficient (Wildman–Crippen LogP) is 0.767. The van der Waals surface area contributed by atoms with Gasteiger partial charge in [0.1, 0.15) is 0 Å². The van der Waals surface area contributed by atoms with Crippen LogP contribution in [0.4, 0.5) is 14.9 Å². The zero-order valence-electron chi connectivity index (χ0n) is 10.6. The largest absolute Gasteiger partial charge is 0.463 e. The highest BCUT2D eigenvalue weighted by molar-refractivity contribution is 6.03. The second kappa shape index (κ2) is 4.80. The average Bonchev–Trinajstić information content (AvgIpc) is 2.30. The first-order valence-corrected chi connectivity index (χ1v) is 5.76. The fourth-order valence-electron chi connectivity index (χ4n) is 2.12. The molecule has 0 bridgehead atoms. The number of amides is 2. The molecular weight excluding hydrogens is 267 g/mol. The van der Waals surface area contributed by atoms with Crippen LogP contribution in [0.1, 0.15) is 18.9 Å². The van der Waals surface area contributed by atoms with E-state index in [1.54, 1.807) is 13.0 Å². The van der Waals surface area contributed by atoms with Crippen molar-refractivity contribution in [2.75, 3.05) is 5.73 Å². The first-order valence-electron chi connectivity index (χ1n) is 5.76. The smallest absolute Gasteiger partial charge is 0.434 e. The third kappa shape index (κ3) is 2.53. The van der Waals surface area contributed by atoms with E-state index in [4.69, 9.17) is 10.8 Å². The van der Waals surface area contributed by atoms with Gasteiger partial charge in [0.15, 0.2) is 5.82 Å². The van der Waals surface area contributed by atoms with E-state index in [0.717, 1.165) is 0 Å². The van der Waals surface area contributed by atoms with E-state index in [1.165, 1.54) is 12.1 Å². The number of hydrogen-bond acceptors (Lipinski definition) is 3. The van der Waals surface area contributed by atoms with Crippen LogP contribution in [-0.4, -0.2) is 23.1 Å². The Morgan fingerprint density at radius 3 is 2.90 bits per heavy atom. The Labute approximate surface area is 113 Å². The maximum atomic E-state index is 14.1. The lowest BCUT2D eigenvalue weighted by atomic mass is 9.86. The van der Waals surface area contributed by atoms with Gasteiger partial charge in [-0.25, -0.2) is 9.18 Å². The number of benzene rings is 1. The summed E-state index contributed by atoms with van der Waals surface area (Å²) < 4.78 is 14.1. The molecule has 7 nitrogen and oxygen atoms in total. The predicted molar refractivity (Wildman–Crippen MR) is 69.5 cm³/mol. The lowest BCUT2D eigenvalue weighted by Gasteiger charge is -2.36. The van der Waals surface area contributed by atoms with Crippen LogP contribution in [0.15, 0.2) is 23.2 Å². The van der Waals surface area contributed by atoms with Gasteiger partial charge in [0.25, 0.3) is 0 Å². The molecule has 106 valence electrons. The topological polar surface area (TPSA) is 117 Å². The molecule has 2 amide bonds. The van der Waals surface area contributed by atoms with Crippen molar-refractivity contribution in [3.8, 4) is 0 Å². The van der Waals surface area contributed by atoms with Crippen molar-refractivity contribution in [3.63, 3.8) is 0 Å². The van der Waals surface area contributed by atoms with Crippen molar-refractivity contribution < 1.29 is 19.1 Å². The van der Waals surface area contributed by atoms with Crippen LogP contribution in [0, 0.1) is 5.82 Å². The second-order valence-corrected chi connectivity index (χ2v) is 4.63. The van der Waals surface area contributed by atoms with Gasteiger partial charge >= 0.3 is 6.09 Å².